The number of hydrogen-bond donors (Lipinski definition) is 1. The molecule has 1 N–H and O–H groups in total. The number of aliphatic hydroxyl groups excluding tert-OH is 1. The SMILES string of the molecule is CCC(=Cc1ccn(C)c1)CO. The summed E-state index contributed by atoms with van der Waals surface area (Å²) in [6, 6.07) is 2.03. The second-order valence-electron chi connectivity index (χ2n) is 2.92. The van der Waals surface area contributed by atoms with E-state index in [0.717, 1.165) is 17.6 Å². The van der Waals surface area contributed by atoms with E-state index in [2.05, 4.69) is 0 Å². The first kappa shape index (κ1) is 9.07. The number of nitrogens with zero attached hydrogens (tertiary/aromatic N) is 1. The third kappa shape index (κ3) is 2.24. The van der Waals surface area contributed by atoms with Gasteiger partial charge in [-0.2, -0.15) is 0 Å². The molecule has 0 saturated heterocycles. The van der Waals surface area contributed by atoms with Crippen molar-refractivity contribution < 1.29 is 5.11 Å². The molecule has 0 radical (unpaired) electrons. The molecule has 0 amide bonds. The molecule has 0 bridgehead atoms. The first-order valence-corrected chi connectivity index (χ1v) is 4.18. The molecular weight excluding hydrogens is 150 g/mol. The lowest BCUT2D eigenvalue weighted by Gasteiger charge is -1.96. The van der Waals surface area contributed by atoms with E-state index >= 15 is 0 Å². The Kier molecular flexibility index (Phi) is 3.11. The molecule has 0 aromatic carbocycles. The Morgan fingerprint density at radius 1 is 1.67 bits per heavy atom. The van der Waals surface area contributed by atoms with Crippen LogP contribution in [0.25, 0.3) is 6.08 Å². The van der Waals surface area contributed by atoms with E-state index < -0.39 is 0 Å². The van der Waals surface area contributed by atoms with Gasteiger partial charge in [-0.3, -0.25) is 0 Å². The van der Waals surface area contributed by atoms with E-state index in [4.69, 9.17) is 5.11 Å². The molecule has 0 aliphatic carbocycles. The highest BCUT2D eigenvalue weighted by atomic mass is 16.3. The van der Waals surface area contributed by atoms with Gasteiger partial charge in [-0.15, -0.1) is 0 Å². The second-order valence-corrected chi connectivity index (χ2v) is 2.92. The minimum absolute atomic E-state index is 0.158. The van der Waals surface area contributed by atoms with Crippen LogP contribution in [0.1, 0.15) is 18.9 Å². The van der Waals surface area contributed by atoms with Crippen LogP contribution < -0.4 is 0 Å². The quantitative estimate of drug-likeness (QED) is 0.726. The van der Waals surface area contributed by atoms with E-state index in [1.807, 2.05) is 43.1 Å². The Balaban J connectivity index is 2.78. The average molecular weight is 165 g/mol. The number of rotatable bonds is 3. The van der Waals surface area contributed by atoms with E-state index in [-0.39, 0.29) is 6.61 Å². The first-order valence-electron chi connectivity index (χ1n) is 4.18. The van der Waals surface area contributed by atoms with Gasteiger partial charge < -0.3 is 9.67 Å². The van der Waals surface area contributed by atoms with Crippen LogP contribution in [0.15, 0.2) is 24.0 Å². The smallest absolute Gasteiger partial charge is 0.0644 e. The van der Waals surface area contributed by atoms with Gasteiger partial charge in [-0.1, -0.05) is 13.0 Å². The highest BCUT2D eigenvalue weighted by Crippen LogP contribution is 2.08. The van der Waals surface area contributed by atoms with Crippen molar-refractivity contribution in [1.29, 1.82) is 0 Å². The molecular formula is C10H15NO. The molecule has 1 rings (SSSR count). The Morgan fingerprint density at radius 2 is 2.42 bits per heavy atom. The zero-order valence-electron chi connectivity index (χ0n) is 7.62. The minimum atomic E-state index is 0.158. The summed E-state index contributed by atoms with van der Waals surface area (Å²) in [6.07, 6.45) is 6.97. The van der Waals surface area contributed by atoms with Crippen molar-refractivity contribution in [3.8, 4) is 0 Å². The molecule has 0 spiro atoms. The van der Waals surface area contributed by atoms with Crippen molar-refractivity contribution in [2.45, 2.75) is 13.3 Å². The fraction of sp³-hybridized carbons (Fsp3) is 0.400. The Morgan fingerprint density at radius 3 is 2.83 bits per heavy atom. The van der Waals surface area contributed by atoms with Gasteiger partial charge in [-0.05, 0) is 23.6 Å². The van der Waals surface area contributed by atoms with Crippen LogP contribution in [0.3, 0.4) is 0 Å². The predicted molar refractivity (Wildman–Crippen MR) is 50.8 cm³/mol. The number of hydrogen-bond acceptors (Lipinski definition) is 1. The minimum Gasteiger partial charge on any atom is -0.392 e. The van der Waals surface area contributed by atoms with Crippen molar-refractivity contribution in [3.05, 3.63) is 29.6 Å². The lowest BCUT2D eigenvalue weighted by molar-refractivity contribution is 0.329. The normalized spacial score (nSPS) is 12.1. The van der Waals surface area contributed by atoms with Gasteiger partial charge in [0.2, 0.25) is 0 Å². The molecule has 0 aliphatic heterocycles. The van der Waals surface area contributed by atoms with Crippen LogP contribution in [0.2, 0.25) is 0 Å². The summed E-state index contributed by atoms with van der Waals surface area (Å²) >= 11 is 0. The van der Waals surface area contributed by atoms with Gasteiger partial charge in [-0.25, -0.2) is 0 Å². The van der Waals surface area contributed by atoms with Crippen LogP contribution in [-0.2, 0) is 7.05 Å². The van der Waals surface area contributed by atoms with Crippen molar-refractivity contribution in [3.63, 3.8) is 0 Å². The average Bonchev–Trinajstić information content (AvgIpc) is 2.47. The molecule has 66 valence electrons. The van der Waals surface area contributed by atoms with Crippen molar-refractivity contribution >= 4 is 6.08 Å². The zero-order valence-corrected chi connectivity index (χ0v) is 7.62. The summed E-state index contributed by atoms with van der Waals surface area (Å²) in [5, 5.41) is 8.92. The molecule has 1 aromatic rings. The Labute approximate surface area is 73.1 Å². The second kappa shape index (κ2) is 4.12. The highest BCUT2D eigenvalue weighted by Gasteiger charge is 1.93. The third-order valence-corrected chi connectivity index (χ3v) is 1.88. The van der Waals surface area contributed by atoms with Gasteiger partial charge in [0.1, 0.15) is 0 Å². The molecule has 1 heterocycles. The molecule has 0 fully saturated rings. The molecule has 0 atom stereocenters. The summed E-state index contributed by atoms with van der Waals surface area (Å²) in [7, 11) is 1.99. The fourth-order valence-corrected chi connectivity index (χ4v) is 1.11. The molecule has 0 unspecified atom stereocenters. The summed E-state index contributed by atoms with van der Waals surface area (Å²) in [5.41, 5.74) is 2.23. The molecule has 2 heteroatoms. The van der Waals surface area contributed by atoms with Crippen molar-refractivity contribution in [2.24, 2.45) is 7.05 Å². The van der Waals surface area contributed by atoms with Gasteiger partial charge in [0.15, 0.2) is 0 Å². The summed E-state index contributed by atoms with van der Waals surface area (Å²) < 4.78 is 2.00. The molecule has 2 nitrogen and oxygen atoms in total. The van der Waals surface area contributed by atoms with Crippen LogP contribution in [-0.4, -0.2) is 16.3 Å². The Hall–Kier alpha value is -1.02. The van der Waals surface area contributed by atoms with Crippen LogP contribution in [0, 0.1) is 0 Å². The maximum absolute atomic E-state index is 8.92. The van der Waals surface area contributed by atoms with Crippen LogP contribution >= 0.6 is 0 Å². The third-order valence-electron chi connectivity index (χ3n) is 1.88. The van der Waals surface area contributed by atoms with Gasteiger partial charge in [0, 0.05) is 19.4 Å². The number of aliphatic hydroxyl groups is 1. The molecule has 0 saturated carbocycles. The molecule has 12 heavy (non-hydrogen) atoms. The van der Waals surface area contributed by atoms with E-state index in [9.17, 15) is 0 Å². The predicted octanol–water partition coefficient (Wildman–Crippen LogP) is 1.81. The van der Waals surface area contributed by atoms with Gasteiger partial charge >= 0.3 is 0 Å². The summed E-state index contributed by atoms with van der Waals surface area (Å²) in [6.45, 7) is 2.20. The summed E-state index contributed by atoms with van der Waals surface area (Å²) in [4.78, 5) is 0. The van der Waals surface area contributed by atoms with E-state index in [0.29, 0.717) is 0 Å². The van der Waals surface area contributed by atoms with Gasteiger partial charge in [0.25, 0.3) is 0 Å². The fourth-order valence-electron chi connectivity index (χ4n) is 1.11. The summed E-state index contributed by atoms with van der Waals surface area (Å²) in [5.74, 6) is 0. The van der Waals surface area contributed by atoms with Crippen LogP contribution in [0.4, 0.5) is 0 Å². The highest BCUT2D eigenvalue weighted by molar-refractivity contribution is 5.52. The van der Waals surface area contributed by atoms with Crippen molar-refractivity contribution in [1.82, 2.24) is 4.57 Å². The largest absolute Gasteiger partial charge is 0.392 e. The topological polar surface area (TPSA) is 25.2 Å². The van der Waals surface area contributed by atoms with Gasteiger partial charge in [0.05, 0.1) is 6.61 Å². The van der Waals surface area contributed by atoms with E-state index in [1.54, 1.807) is 0 Å². The van der Waals surface area contributed by atoms with E-state index in [1.165, 1.54) is 0 Å². The maximum atomic E-state index is 8.92. The lowest BCUT2D eigenvalue weighted by atomic mass is 10.1. The van der Waals surface area contributed by atoms with Crippen LogP contribution in [0.5, 0.6) is 0 Å². The number of aryl methyl sites for hydroxylation is 1. The first-order chi connectivity index (χ1) is 5.76. The lowest BCUT2D eigenvalue weighted by Crippen LogP contribution is -1.87. The monoisotopic (exact) mass is 165 g/mol. The zero-order chi connectivity index (χ0) is 8.97. The van der Waals surface area contributed by atoms with Crippen molar-refractivity contribution in [2.75, 3.05) is 6.61 Å². The Bertz CT molecular complexity index is 267. The number of aromatic nitrogens is 1. The molecule has 0 aliphatic rings. The molecule has 1 aromatic heterocycles. The maximum Gasteiger partial charge on any atom is 0.0644 e. The standard InChI is InChI=1S/C10H15NO/c1-3-9(8-12)6-10-4-5-11(2)7-10/h4-7,12H,3,8H2,1-2H3.